The van der Waals surface area contributed by atoms with E-state index in [1.807, 2.05) is 105 Å². The van der Waals surface area contributed by atoms with Gasteiger partial charge in [0.15, 0.2) is 0 Å². The second-order valence-corrected chi connectivity index (χ2v) is 15.4. The van der Waals surface area contributed by atoms with Gasteiger partial charge in [-0.2, -0.15) is 0 Å². The van der Waals surface area contributed by atoms with Crippen LogP contribution in [0.4, 0.5) is 0 Å². The maximum absolute atomic E-state index is 14.9. The van der Waals surface area contributed by atoms with Crippen LogP contribution in [0.25, 0.3) is 0 Å². The normalized spacial score (nSPS) is 13.1. The number of nitrogens with one attached hydrogen (secondary N) is 1. The Bertz CT molecular complexity index is 1920. The Kier molecular flexibility index (Phi) is 10.2. The largest absolute Gasteiger partial charge is 0.344 e. The van der Waals surface area contributed by atoms with Crippen LogP contribution in [0.2, 0.25) is 0 Å². The highest BCUT2D eigenvalue weighted by atomic mass is 32.2. The lowest BCUT2D eigenvalue weighted by molar-refractivity contribution is 0.0937. The quantitative estimate of drug-likeness (QED) is 0.151. The fourth-order valence-corrected chi connectivity index (χ4v) is 10.7. The van der Waals surface area contributed by atoms with Crippen LogP contribution >= 0.6 is 7.92 Å². The molecule has 0 heterocycles. The summed E-state index contributed by atoms with van der Waals surface area (Å²) in [5, 5.41) is 6.20. The van der Waals surface area contributed by atoms with Crippen LogP contribution in [0.5, 0.6) is 0 Å². The first-order chi connectivity index (χ1) is 22.9. The van der Waals surface area contributed by atoms with Crippen LogP contribution < -0.4 is 21.2 Å². The van der Waals surface area contributed by atoms with Crippen LogP contribution in [0.15, 0.2) is 163 Å². The van der Waals surface area contributed by atoms with Gasteiger partial charge < -0.3 is 5.32 Å². The number of benzene rings is 6. The summed E-state index contributed by atoms with van der Waals surface area (Å²) in [5.74, 6) is -0.191. The molecule has 6 rings (SSSR count). The lowest BCUT2D eigenvalue weighted by Gasteiger charge is -2.30. The van der Waals surface area contributed by atoms with Crippen LogP contribution in [-0.4, -0.2) is 10.1 Å². The number of carbonyl (C=O) groups excluding carboxylic acids is 1. The number of hydrogen-bond donors (Lipinski definition) is 1. The van der Waals surface area contributed by atoms with Crippen molar-refractivity contribution in [3.63, 3.8) is 0 Å². The molecule has 1 N–H and O–H groups in total. The minimum Gasteiger partial charge on any atom is -0.344 e. The molecule has 0 aliphatic heterocycles. The molecule has 0 saturated carbocycles. The first kappa shape index (κ1) is 32.3. The molecule has 0 radical (unpaired) electrons. The Labute approximate surface area is 281 Å². The van der Waals surface area contributed by atoms with Gasteiger partial charge in [-0.3, -0.25) is 9.00 Å². The van der Waals surface area contributed by atoms with Gasteiger partial charge in [0, 0.05) is 10.5 Å². The van der Waals surface area contributed by atoms with Gasteiger partial charge in [-0.15, -0.1) is 0 Å². The van der Waals surface area contributed by atoms with Crippen LogP contribution in [0.3, 0.4) is 0 Å². The Morgan fingerprint density at radius 3 is 1.57 bits per heavy atom. The first-order valence-corrected chi connectivity index (χ1v) is 18.4. The van der Waals surface area contributed by atoms with Crippen molar-refractivity contribution in [1.82, 2.24) is 5.32 Å². The minimum atomic E-state index is -1.49. The van der Waals surface area contributed by atoms with E-state index in [-0.39, 0.29) is 5.91 Å². The zero-order valence-corrected chi connectivity index (χ0v) is 28.5. The Balaban J connectivity index is 1.48. The van der Waals surface area contributed by atoms with Crippen molar-refractivity contribution in [1.29, 1.82) is 0 Å². The molecular weight excluding hydrogens is 614 g/mol. The fourth-order valence-electron chi connectivity index (χ4n) is 6.35. The summed E-state index contributed by atoms with van der Waals surface area (Å²) in [6, 6.07) is 52.2. The topological polar surface area (TPSA) is 46.2 Å². The van der Waals surface area contributed by atoms with Crippen molar-refractivity contribution in [2.75, 3.05) is 0 Å². The highest BCUT2D eigenvalue weighted by molar-refractivity contribution is 7.85. The van der Waals surface area contributed by atoms with Crippen molar-refractivity contribution in [2.24, 2.45) is 0 Å². The summed E-state index contributed by atoms with van der Waals surface area (Å²) < 4.78 is 14.9. The Morgan fingerprint density at radius 1 is 0.596 bits per heavy atom. The molecule has 0 aromatic heterocycles. The third-order valence-corrected chi connectivity index (χ3v) is 12.9. The molecular formula is C42H38NO2PS. The average Bonchev–Trinajstić information content (AvgIpc) is 3.10. The van der Waals surface area contributed by atoms with Gasteiger partial charge in [0.1, 0.15) is 0 Å². The molecule has 6 aromatic rings. The molecule has 234 valence electrons. The predicted octanol–water partition coefficient (Wildman–Crippen LogP) is 8.39. The van der Waals surface area contributed by atoms with E-state index in [0.29, 0.717) is 5.56 Å². The van der Waals surface area contributed by atoms with Gasteiger partial charge in [-0.25, -0.2) is 0 Å². The molecule has 3 nitrogen and oxygen atoms in total. The zero-order chi connectivity index (χ0) is 32.8. The van der Waals surface area contributed by atoms with Crippen molar-refractivity contribution < 1.29 is 9.00 Å². The van der Waals surface area contributed by atoms with E-state index >= 15 is 0 Å². The summed E-state index contributed by atoms with van der Waals surface area (Å²) in [6.07, 6.45) is 0. The molecule has 0 saturated heterocycles. The van der Waals surface area contributed by atoms with Gasteiger partial charge in [0.2, 0.25) is 0 Å². The maximum atomic E-state index is 14.9. The number of rotatable bonds is 10. The molecule has 3 atom stereocenters. The summed E-state index contributed by atoms with van der Waals surface area (Å²) in [4.78, 5) is 15.5. The van der Waals surface area contributed by atoms with Crippen molar-refractivity contribution in [3.8, 4) is 0 Å². The van der Waals surface area contributed by atoms with Gasteiger partial charge in [-0.05, 0) is 72.9 Å². The standard InChI is InChI=1S/C42H38NO2PS/c1-30-28-31(2)40(32(3)29-30)47(45)41(34-20-10-5-11-21-34)39(33-18-8-4-9-19-33)43-42(44)37-26-16-17-27-38(37)46(35-22-12-6-13-23-35)36-24-14-7-15-25-36/h4-29,39,41H,1-3H3,(H,43,44)/t39-,41+,47?/m0/s1. The summed E-state index contributed by atoms with van der Waals surface area (Å²) in [5.41, 5.74) is 5.53. The van der Waals surface area contributed by atoms with Crippen LogP contribution in [0, 0.1) is 20.8 Å². The third kappa shape index (κ3) is 7.20. The summed E-state index contributed by atoms with van der Waals surface area (Å²) in [7, 11) is -2.51. The number of amides is 1. The van der Waals surface area contributed by atoms with Crippen molar-refractivity contribution in [3.05, 3.63) is 191 Å². The maximum Gasteiger partial charge on any atom is 0.252 e. The van der Waals surface area contributed by atoms with Gasteiger partial charge in [-0.1, -0.05) is 157 Å². The smallest absolute Gasteiger partial charge is 0.252 e. The van der Waals surface area contributed by atoms with Crippen molar-refractivity contribution in [2.45, 2.75) is 37.0 Å². The van der Waals surface area contributed by atoms with Crippen LogP contribution in [0.1, 0.15) is 49.5 Å². The highest BCUT2D eigenvalue weighted by Gasteiger charge is 2.34. The monoisotopic (exact) mass is 651 g/mol. The molecule has 1 amide bonds. The Hall–Kier alpha value is -4.63. The molecule has 0 aliphatic rings. The van der Waals surface area contributed by atoms with Gasteiger partial charge in [0.25, 0.3) is 5.91 Å². The third-order valence-electron chi connectivity index (χ3n) is 8.33. The van der Waals surface area contributed by atoms with E-state index in [9.17, 15) is 9.00 Å². The van der Waals surface area contributed by atoms with Crippen LogP contribution in [-0.2, 0) is 10.8 Å². The second-order valence-electron chi connectivity index (χ2n) is 11.7. The molecule has 5 heteroatoms. The van der Waals surface area contributed by atoms with E-state index in [0.717, 1.165) is 38.0 Å². The summed E-state index contributed by atoms with van der Waals surface area (Å²) in [6.45, 7) is 6.11. The van der Waals surface area contributed by atoms with Gasteiger partial charge in [0.05, 0.1) is 22.1 Å². The second kappa shape index (κ2) is 14.9. The lowest BCUT2D eigenvalue weighted by atomic mass is 9.97. The van der Waals surface area contributed by atoms with E-state index in [4.69, 9.17) is 0 Å². The van der Waals surface area contributed by atoms with Gasteiger partial charge >= 0.3 is 0 Å². The molecule has 0 fully saturated rings. The number of aryl methyl sites for hydroxylation is 3. The lowest BCUT2D eigenvalue weighted by Crippen LogP contribution is -2.37. The Morgan fingerprint density at radius 2 is 1.04 bits per heavy atom. The molecule has 1 unspecified atom stereocenters. The molecule has 0 bridgehead atoms. The zero-order valence-electron chi connectivity index (χ0n) is 26.8. The fraction of sp³-hybridized carbons (Fsp3) is 0.119. The summed E-state index contributed by atoms with van der Waals surface area (Å²) >= 11 is 0. The average molecular weight is 652 g/mol. The molecule has 0 aliphatic carbocycles. The van der Waals surface area contributed by atoms with E-state index in [1.165, 1.54) is 10.6 Å². The number of carbonyl (C=O) groups is 1. The van der Waals surface area contributed by atoms with Crippen molar-refractivity contribution >= 4 is 40.5 Å². The molecule has 47 heavy (non-hydrogen) atoms. The van der Waals surface area contributed by atoms with E-state index in [1.54, 1.807) is 0 Å². The highest BCUT2D eigenvalue weighted by Crippen LogP contribution is 2.40. The van der Waals surface area contributed by atoms with E-state index < -0.39 is 30.0 Å². The minimum absolute atomic E-state index is 0.191. The number of hydrogen-bond acceptors (Lipinski definition) is 2. The predicted molar refractivity (Wildman–Crippen MR) is 198 cm³/mol. The van der Waals surface area contributed by atoms with E-state index in [2.05, 4.69) is 79.0 Å². The SMILES string of the molecule is Cc1cc(C)c(S(=O)[C@H](c2ccccc2)[C@@H](NC(=O)c2ccccc2P(c2ccccc2)c2ccccc2)c2ccccc2)c(C)c1. The molecule has 0 spiro atoms. The first-order valence-electron chi connectivity index (χ1n) is 15.8. The molecule has 6 aromatic carbocycles.